The van der Waals surface area contributed by atoms with Gasteiger partial charge < -0.3 is 19.5 Å². The highest BCUT2D eigenvalue weighted by Gasteiger charge is 2.25. The number of rotatable bonds is 5. The minimum absolute atomic E-state index is 0.0344. The van der Waals surface area contributed by atoms with Gasteiger partial charge >= 0.3 is 0 Å². The quantitative estimate of drug-likeness (QED) is 0.667. The predicted molar refractivity (Wildman–Crippen MR) is 115 cm³/mol. The van der Waals surface area contributed by atoms with Crippen LogP contribution >= 0.6 is 0 Å². The van der Waals surface area contributed by atoms with Crippen LogP contribution in [-0.2, 0) is 24.3 Å². The Labute approximate surface area is 180 Å². The average Bonchev–Trinajstić information content (AvgIpc) is 3.22. The van der Waals surface area contributed by atoms with Crippen LogP contribution in [0.2, 0.25) is 0 Å². The number of oxazole rings is 1. The maximum absolute atomic E-state index is 12.6. The van der Waals surface area contributed by atoms with Crippen molar-refractivity contribution in [3.05, 3.63) is 41.6 Å². The monoisotopic (exact) mass is 421 g/mol. The molecule has 3 aromatic rings. The molecule has 1 saturated heterocycles. The molecule has 9 nitrogen and oxygen atoms in total. The molecule has 31 heavy (non-hydrogen) atoms. The number of anilines is 1. The highest BCUT2D eigenvalue weighted by molar-refractivity contribution is 5.76. The van der Waals surface area contributed by atoms with Crippen LogP contribution in [0.25, 0.3) is 11.2 Å². The third kappa shape index (κ3) is 4.51. The lowest BCUT2D eigenvalue weighted by Crippen LogP contribution is -2.38. The van der Waals surface area contributed by atoms with Crippen molar-refractivity contribution in [2.24, 2.45) is 5.92 Å². The third-order valence-corrected chi connectivity index (χ3v) is 6.04. The second kappa shape index (κ2) is 8.58. The number of nitrogens with one attached hydrogen (secondary N) is 1. The van der Waals surface area contributed by atoms with E-state index >= 15 is 0 Å². The van der Waals surface area contributed by atoms with Crippen LogP contribution < -0.4 is 10.2 Å². The topological polar surface area (TPSA) is 100 Å². The first-order valence-corrected chi connectivity index (χ1v) is 10.9. The summed E-state index contributed by atoms with van der Waals surface area (Å²) in [6.07, 6.45) is 7.04. The number of carbonyl (C=O) groups is 1. The summed E-state index contributed by atoms with van der Waals surface area (Å²) in [6, 6.07) is 4.30. The van der Waals surface area contributed by atoms with E-state index in [2.05, 4.69) is 42.1 Å². The SMILES string of the molecule is CN1CCc2nc(CNC(=O)CC3CCCN(c4nc5ncccc5o4)C3)ncc2C1. The van der Waals surface area contributed by atoms with Crippen LogP contribution in [0.15, 0.2) is 28.9 Å². The molecule has 162 valence electrons. The van der Waals surface area contributed by atoms with E-state index in [9.17, 15) is 4.79 Å². The molecule has 1 N–H and O–H groups in total. The molecule has 5 rings (SSSR count). The minimum atomic E-state index is 0.0344. The standard InChI is InChI=1S/C22H27N7O2/c1-28-9-6-17-16(14-28)11-24-19(26-17)12-25-20(30)10-15-4-3-8-29(13-15)22-27-21-18(31-22)5-2-7-23-21/h2,5,7,11,15H,3-4,6,8-10,12-14H2,1H3,(H,25,30). The van der Waals surface area contributed by atoms with Crippen molar-refractivity contribution < 1.29 is 9.21 Å². The zero-order valence-electron chi connectivity index (χ0n) is 17.8. The van der Waals surface area contributed by atoms with Crippen molar-refractivity contribution in [2.45, 2.75) is 38.8 Å². The number of hydrogen-bond donors (Lipinski definition) is 1. The summed E-state index contributed by atoms with van der Waals surface area (Å²) in [6.45, 7) is 3.89. The molecular formula is C22H27N7O2. The fourth-order valence-corrected chi connectivity index (χ4v) is 4.39. The maximum Gasteiger partial charge on any atom is 0.299 e. The van der Waals surface area contributed by atoms with Crippen LogP contribution in [0.4, 0.5) is 6.01 Å². The smallest absolute Gasteiger partial charge is 0.299 e. The highest BCUT2D eigenvalue weighted by atomic mass is 16.4. The Morgan fingerprint density at radius 3 is 3.13 bits per heavy atom. The minimum Gasteiger partial charge on any atom is -0.422 e. The molecule has 0 radical (unpaired) electrons. The first-order valence-electron chi connectivity index (χ1n) is 10.9. The highest BCUT2D eigenvalue weighted by Crippen LogP contribution is 2.26. The van der Waals surface area contributed by atoms with Gasteiger partial charge in [-0.25, -0.2) is 15.0 Å². The molecule has 1 atom stereocenters. The van der Waals surface area contributed by atoms with Gasteiger partial charge in [-0.1, -0.05) is 0 Å². The molecule has 1 fully saturated rings. The van der Waals surface area contributed by atoms with E-state index < -0.39 is 0 Å². The van der Waals surface area contributed by atoms with E-state index in [-0.39, 0.29) is 11.8 Å². The van der Waals surface area contributed by atoms with Gasteiger partial charge in [0.15, 0.2) is 5.58 Å². The Morgan fingerprint density at radius 1 is 1.29 bits per heavy atom. The van der Waals surface area contributed by atoms with E-state index in [0.29, 0.717) is 36.0 Å². The lowest BCUT2D eigenvalue weighted by molar-refractivity contribution is -0.122. The van der Waals surface area contributed by atoms with Gasteiger partial charge in [0.2, 0.25) is 11.6 Å². The molecular weight excluding hydrogens is 394 g/mol. The number of carbonyl (C=O) groups excluding carboxylic acids is 1. The molecule has 1 unspecified atom stereocenters. The van der Waals surface area contributed by atoms with Gasteiger partial charge in [0, 0.05) is 62.7 Å². The van der Waals surface area contributed by atoms with Crippen LogP contribution in [0.5, 0.6) is 0 Å². The molecule has 0 saturated carbocycles. The molecule has 2 aliphatic heterocycles. The van der Waals surface area contributed by atoms with E-state index in [4.69, 9.17) is 4.42 Å². The molecule has 9 heteroatoms. The molecule has 5 heterocycles. The van der Waals surface area contributed by atoms with Gasteiger partial charge in [-0.3, -0.25) is 4.79 Å². The summed E-state index contributed by atoms with van der Waals surface area (Å²) in [7, 11) is 2.10. The van der Waals surface area contributed by atoms with Crippen molar-refractivity contribution >= 4 is 23.2 Å². The van der Waals surface area contributed by atoms with E-state index in [0.717, 1.165) is 51.1 Å². The number of likely N-dealkylation sites (N-methyl/N-ethyl adjacent to an activating group) is 1. The second-order valence-electron chi connectivity index (χ2n) is 8.50. The number of amides is 1. The zero-order chi connectivity index (χ0) is 21.2. The van der Waals surface area contributed by atoms with Crippen molar-refractivity contribution in [3.8, 4) is 0 Å². The lowest BCUT2D eigenvalue weighted by Gasteiger charge is -2.31. The number of hydrogen-bond acceptors (Lipinski definition) is 8. The Morgan fingerprint density at radius 2 is 2.23 bits per heavy atom. The molecule has 3 aromatic heterocycles. The summed E-state index contributed by atoms with van der Waals surface area (Å²) in [5, 5.41) is 3.00. The van der Waals surface area contributed by atoms with Crippen molar-refractivity contribution in [2.75, 3.05) is 31.6 Å². The predicted octanol–water partition coefficient (Wildman–Crippen LogP) is 1.92. The Bertz CT molecular complexity index is 1050. The van der Waals surface area contributed by atoms with Crippen LogP contribution in [0.3, 0.4) is 0 Å². The van der Waals surface area contributed by atoms with E-state index in [1.807, 2.05) is 18.3 Å². The van der Waals surface area contributed by atoms with Gasteiger partial charge in [0.1, 0.15) is 5.82 Å². The zero-order valence-corrected chi connectivity index (χ0v) is 17.8. The molecule has 0 aromatic carbocycles. The number of piperidine rings is 1. The van der Waals surface area contributed by atoms with Gasteiger partial charge in [0.25, 0.3) is 6.01 Å². The van der Waals surface area contributed by atoms with Crippen molar-refractivity contribution in [1.82, 2.24) is 30.2 Å². The van der Waals surface area contributed by atoms with Gasteiger partial charge in [0.05, 0.1) is 6.54 Å². The lowest BCUT2D eigenvalue weighted by atomic mass is 9.94. The number of aromatic nitrogens is 4. The summed E-state index contributed by atoms with van der Waals surface area (Å²) in [4.78, 5) is 34.8. The van der Waals surface area contributed by atoms with Crippen molar-refractivity contribution in [3.63, 3.8) is 0 Å². The fourth-order valence-electron chi connectivity index (χ4n) is 4.39. The molecule has 1 amide bonds. The van der Waals surface area contributed by atoms with E-state index in [1.54, 1.807) is 6.20 Å². The number of nitrogens with zero attached hydrogens (tertiary/aromatic N) is 6. The van der Waals surface area contributed by atoms with Crippen LogP contribution in [0, 0.1) is 5.92 Å². The summed E-state index contributed by atoms with van der Waals surface area (Å²) < 4.78 is 5.85. The largest absolute Gasteiger partial charge is 0.422 e. The first kappa shape index (κ1) is 19.9. The second-order valence-corrected chi connectivity index (χ2v) is 8.50. The number of fused-ring (bicyclic) bond motifs is 2. The average molecular weight is 422 g/mol. The van der Waals surface area contributed by atoms with E-state index in [1.165, 1.54) is 5.56 Å². The van der Waals surface area contributed by atoms with Crippen molar-refractivity contribution in [1.29, 1.82) is 0 Å². The van der Waals surface area contributed by atoms with Gasteiger partial charge in [-0.15, -0.1) is 0 Å². The maximum atomic E-state index is 12.6. The molecule has 0 bridgehead atoms. The Hall–Kier alpha value is -3.07. The first-order chi connectivity index (χ1) is 15.1. The Kier molecular flexibility index (Phi) is 5.50. The molecule has 0 aliphatic carbocycles. The molecule has 0 spiro atoms. The molecule has 2 aliphatic rings. The fraction of sp³-hybridized carbons (Fsp3) is 0.500. The summed E-state index contributed by atoms with van der Waals surface area (Å²) in [5.74, 6) is 0.977. The Balaban J connectivity index is 1.15. The summed E-state index contributed by atoms with van der Waals surface area (Å²) >= 11 is 0. The van der Waals surface area contributed by atoms with Gasteiger partial charge in [-0.05, 0) is 37.9 Å². The van der Waals surface area contributed by atoms with Crippen LogP contribution in [-0.4, -0.2) is 57.4 Å². The van der Waals surface area contributed by atoms with Crippen LogP contribution in [0.1, 0.15) is 36.3 Å². The normalized spacial score (nSPS) is 19.4. The number of pyridine rings is 1. The van der Waals surface area contributed by atoms with Gasteiger partial charge in [-0.2, -0.15) is 4.98 Å². The summed E-state index contributed by atoms with van der Waals surface area (Å²) in [5.41, 5.74) is 3.59. The third-order valence-electron chi connectivity index (χ3n) is 6.04.